The molecular formula is C11H14N2O3S. The van der Waals surface area contributed by atoms with E-state index in [1.165, 1.54) is 0 Å². The van der Waals surface area contributed by atoms with E-state index in [1.54, 1.807) is 18.4 Å². The zero-order valence-electron chi connectivity index (χ0n) is 9.59. The van der Waals surface area contributed by atoms with Gasteiger partial charge in [0.2, 0.25) is 0 Å². The van der Waals surface area contributed by atoms with Gasteiger partial charge in [-0.25, -0.2) is 4.98 Å². The Bertz CT molecular complexity index is 463. The van der Waals surface area contributed by atoms with Crippen molar-refractivity contribution in [3.63, 3.8) is 0 Å². The van der Waals surface area contributed by atoms with Crippen LogP contribution in [-0.4, -0.2) is 42.1 Å². The summed E-state index contributed by atoms with van der Waals surface area (Å²) in [5, 5.41) is 1.96. The maximum absolute atomic E-state index is 11.6. The molecule has 0 unspecified atom stereocenters. The number of ketones is 1. The lowest BCUT2D eigenvalue weighted by Crippen LogP contribution is -2.14. The van der Waals surface area contributed by atoms with Crippen molar-refractivity contribution in [1.29, 1.82) is 0 Å². The standard InChI is InChI=1S/C11H14N2O3S/c1-15-3-4-16-8-10(14)6-9-7-13-2-5-17-11(13)12-9/h2,5,7H,3-4,6,8H2,1H3. The van der Waals surface area contributed by atoms with E-state index in [0.29, 0.717) is 19.6 Å². The van der Waals surface area contributed by atoms with E-state index >= 15 is 0 Å². The minimum Gasteiger partial charge on any atom is -0.382 e. The molecular weight excluding hydrogens is 240 g/mol. The number of methoxy groups -OCH3 is 1. The predicted molar refractivity (Wildman–Crippen MR) is 64.5 cm³/mol. The van der Waals surface area contributed by atoms with Crippen molar-refractivity contribution in [3.05, 3.63) is 23.5 Å². The Hall–Kier alpha value is -1.24. The summed E-state index contributed by atoms with van der Waals surface area (Å²) in [6.07, 6.45) is 4.12. The highest BCUT2D eigenvalue weighted by Gasteiger charge is 2.08. The third-order valence-corrected chi connectivity index (χ3v) is 2.99. The van der Waals surface area contributed by atoms with Gasteiger partial charge in [-0.1, -0.05) is 0 Å². The zero-order valence-corrected chi connectivity index (χ0v) is 10.4. The second kappa shape index (κ2) is 5.90. The number of fused-ring (bicyclic) bond motifs is 1. The van der Waals surface area contributed by atoms with Gasteiger partial charge in [0, 0.05) is 24.9 Å². The van der Waals surface area contributed by atoms with Crippen LogP contribution in [0.5, 0.6) is 0 Å². The van der Waals surface area contributed by atoms with Gasteiger partial charge in [-0.15, -0.1) is 11.3 Å². The third-order valence-electron chi connectivity index (χ3n) is 2.22. The Balaban J connectivity index is 1.80. The highest BCUT2D eigenvalue weighted by atomic mass is 32.1. The monoisotopic (exact) mass is 254 g/mol. The van der Waals surface area contributed by atoms with E-state index in [2.05, 4.69) is 4.98 Å². The molecule has 0 saturated heterocycles. The van der Waals surface area contributed by atoms with E-state index in [-0.39, 0.29) is 12.4 Å². The molecule has 2 rings (SSSR count). The topological polar surface area (TPSA) is 52.8 Å². The molecule has 2 aromatic heterocycles. The van der Waals surface area contributed by atoms with Gasteiger partial charge in [0.15, 0.2) is 10.7 Å². The zero-order chi connectivity index (χ0) is 12.1. The fraction of sp³-hybridized carbons (Fsp3) is 0.455. The molecule has 0 aromatic carbocycles. The predicted octanol–water partition coefficient (Wildman–Crippen LogP) is 1.17. The second-order valence-electron chi connectivity index (χ2n) is 3.59. The summed E-state index contributed by atoms with van der Waals surface area (Å²) in [6, 6.07) is 0. The minimum atomic E-state index is 0.0341. The van der Waals surface area contributed by atoms with Crippen molar-refractivity contribution in [2.45, 2.75) is 6.42 Å². The third kappa shape index (κ3) is 3.36. The van der Waals surface area contributed by atoms with E-state index < -0.39 is 0 Å². The fourth-order valence-corrected chi connectivity index (χ4v) is 2.16. The van der Waals surface area contributed by atoms with Crippen LogP contribution in [0.3, 0.4) is 0 Å². The van der Waals surface area contributed by atoms with Crippen molar-refractivity contribution in [3.8, 4) is 0 Å². The van der Waals surface area contributed by atoms with Gasteiger partial charge in [0.25, 0.3) is 0 Å². The summed E-state index contributed by atoms with van der Waals surface area (Å²) in [5.74, 6) is 0.0341. The molecule has 0 N–H and O–H groups in total. The Kier molecular flexibility index (Phi) is 4.24. The highest BCUT2D eigenvalue weighted by Crippen LogP contribution is 2.11. The van der Waals surface area contributed by atoms with E-state index in [4.69, 9.17) is 9.47 Å². The molecule has 2 heterocycles. The number of rotatable bonds is 7. The van der Waals surface area contributed by atoms with Crippen molar-refractivity contribution in [1.82, 2.24) is 9.38 Å². The van der Waals surface area contributed by atoms with Crippen LogP contribution >= 0.6 is 11.3 Å². The van der Waals surface area contributed by atoms with Gasteiger partial charge < -0.3 is 9.47 Å². The van der Waals surface area contributed by atoms with E-state index in [9.17, 15) is 4.79 Å². The summed E-state index contributed by atoms with van der Waals surface area (Å²) in [4.78, 5) is 16.8. The van der Waals surface area contributed by atoms with Gasteiger partial charge in [0.1, 0.15) is 6.61 Å². The van der Waals surface area contributed by atoms with Gasteiger partial charge in [-0.05, 0) is 0 Å². The largest absolute Gasteiger partial charge is 0.382 e. The molecule has 0 amide bonds. The Morgan fingerprint density at radius 2 is 2.41 bits per heavy atom. The van der Waals surface area contributed by atoms with Gasteiger partial charge in [-0.2, -0.15) is 0 Å². The SMILES string of the molecule is COCCOCC(=O)Cc1cn2ccsc2n1. The maximum atomic E-state index is 11.6. The Labute approximate surface area is 103 Å². The van der Waals surface area contributed by atoms with Crippen LogP contribution in [0, 0.1) is 0 Å². The quantitative estimate of drug-likeness (QED) is 0.696. The summed E-state index contributed by atoms with van der Waals surface area (Å²) in [6.45, 7) is 1.07. The molecule has 0 aliphatic rings. The normalized spacial score (nSPS) is 11.1. The number of Topliss-reactive ketones (excluding diaryl/α,β-unsaturated/α-hetero) is 1. The first-order valence-corrected chi connectivity index (χ1v) is 6.17. The van der Waals surface area contributed by atoms with Gasteiger partial charge in [0.05, 0.1) is 25.3 Å². The molecule has 0 saturated carbocycles. The first kappa shape index (κ1) is 12.2. The number of thiazole rings is 1. The van der Waals surface area contributed by atoms with Crippen LogP contribution < -0.4 is 0 Å². The van der Waals surface area contributed by atoms with Gasteiger partial charge >= 0.3 is 0 Å². The number of carbonyl (C=O) groups is 1. The van der Waals surface area contributed by atoms with Crippen molar-refractivity contribution >= 4 is 22.1 Å². The molecule has 6 heteroatoms. The molecule has 17 heavy (non-hydrogen) atoms. The molecule has 0 fully saturated rings. The molecule has 0 radical (unpaired) electrons. The number of aromatic nitrogens is 2. The van der Waals surface area contributed by atoms with Crippen molar-refractivity contribution in [2.75, 3.05) is 26.9 Å². The average molecular weight is 254 g/mol. The van der Waals surface area contributed by atoms with Crippen LogP contribution in [0.2, 0.25) is 0 Å². The van der Waals surface area contributed by atoms with E-state index in [1.807, 2.05) is 22.2 Å². The molecule has 0 aliphatic heterocycles. The summed E-state index contributed by atoms with van der Waals surface area (Å²) < 4.78 is 11.9. The van der Waals surface area contributed by atoms with Crippen molar-refractivity contribution < 1.29 is 14.3 Å². The Morgan fingerprint density at radius 1 is 1.53 bits per heavy atom. The number of carbonyl (C=O) groups excluding carboxylic acids is 1. The average Bonchev–Trinajstić information content (AvgIpc) is 2.84. The first-order valence-electron chi connectivity index (χ1n) is 5.29. The molecule has 0 spiro atoms. The number of hydrogen-bond acceptors (Lipinski definition) is 5. The lowest BCUT2D eigenvalue weighted by Gasteiger charge is -2.01. The summed E-state index contributed by atoms with van der Waals surface area (Å²) in [5.41, 5.74) is 0.789. The molecule has 0 aliphatic carbocycles. The molecule has 0 atom stereocenters. The molecule has 5 nitrogen and oxygen atoms in total. The minimum absolute atomic E-state index is 0.0341. The van der Waals surface area contributed by atoms with Gasteiger partial charge in [-0.3, -0.25) is 9.20 Å². The summed E-state index contributed by atoms with van der Waals surface area (Å²) in [7, 11) is 1.60. The smallest absolute Gasteiger partial charge is 0.193 e. The fourth-order valence-electron chi connectivity index (χ4n) is 1.44. The van der Waals surface area contributed by atoms with Crippen LogP contribution in [-0.2, 0) is 20.7 Å². The van der Waals surface area contributed by atoms with Crippen molar-refractivity contribution in [2.24, 2.45) is 0 Å². The second-order valence-corrected chi connectivity index (χ2v) is 4.46. The Morgan fingerprint density at radius 3 is 3.18 bits per heavy atom. The number of imidazole rings is 1. The molecule has 0 bridgehead atoms. The van der Waals surface area contributed by atoms with E-state index in [0.717, 1.165) is 10.7 Å². The number of nitrogens with zero attached hydrogens (tertiary/aromatic N) is 2. The highest BCUT2D eigenvalue weighted by molar-refractivity contribution is 7.15. The molecule has 92 valence electrons. The first-order chi connectivity index (χ1) is 8.29. The summed E-state index contributed by atoms with van der Waals surface area (Å²) >= 11 is 1.55. The number of hydrogen-bond donors (Lipinski definition) is 0. The number of ether oxygens (including phenoxy) is 2. The maximum Gasteiger partial charge on any atom is 0.193 e. The lowest BCUT2D eigenvalue weighted by atomic mass is 10.2. The van der Waals surface area contributed by atoms with Crippen LogP contribution in [0.15, 0.2) is 17.8 Å². The van der Waals surface area contributed by atoms with Crippen LogP contribution in [0.1, 0.15) is 5.69 Å². The van der Waals surface area contributed by atoms with Crippen LogP contribution in [0.4, 0.5) is 0 Å². The van der Waals surface area contributed by atoms with Crippen LogP contribution in [0.25, 0.3) is 4.96 Å². The lowest BCUT2D eigenvalue weighted by molar-refractivity contribution is -0.123. The molecule has 2 aromatic rings.